The van der Waals surface area contributed by atoms with E-state index in [2.05, 4.69) is 43.1 Å². The summed E-state index contributed by atoms with van der Waals surface area (Å²) in [5.41, 5.74) is 3.10. The van der Waals surface area contributed by atoms with Crippen molar-refractivity contribution in [2.24, 2.45) is 0 Å². The molecule has 1 aliphatic heterocycles. The Kier molecular flexibility index (Phi) is 5.64. The first-order chi connectivity index (χ1) is 13.8. The number of nitrogens with one attached hydrogen (secondary N) is 1. The van der Waals surface area contributed by atoms with Gasteiger partial charge >= 0.3 is 0 Å². The second-order valence-electron chi connectivity index (χ2n) is 6.78. The van der Waals surface area contributed by atoms with Gasteiger partial charge < -0.3 is 19.9 Å². The SMILES string of the molecule is OCCCN1C(=S)N[C@@H](c2ccccn2)[C@@H]1c1cccn1Cc1ccccn1. The van der Waals surface area contributed by atoms with Crippen LogP contribution >= 0.6 is 12.2 Å². The summed E-state index contributed by atoms with van der Waals surface area (Å²) in [7, 11) is 0. The van der Waals surface area contributed by atoms with Gasteiger partial charge in [0, 0.05) is 37.4 Å². The molecule has 0 radical (unpaired) electrons. The lowest BCUT2D eigenvalue weighted by Crippen LogP contribution is -2.32. The van der Waals surface area contributed by atoms with Crippen molar-refractivity contribution in [2.45, 2.75) is 25.0 Å². The summed E-state index contributed by atoms with van der Waals surface area (Å²) in [5.74, 6) is 0. The molecule has 0 bridgehead atoms. The molecule has 7 heteroatoms. The molecule has 0 aromatic carbocycles. The summed E-state index contributed by atoms with van der Waals surface area (Å²) in [6.07, 6.45) is 6.36. The third-order valence-corrected chi connectivity index (χ3v) is 5.33. The van der Waals surface area contributed by atoms with Crippen molar-refractivity contribution in [3.8, 4) is 0 Å². The fourth-order valence-electron chi connectivity index (χ4n) is 3.71. The van der Waals surface area contributed by atoms with Crippen LogP contribution in [0.15, 0.2) is 67.1 Å². The molecule has 28 heavy (non-hydrogen) atoms. The molecule has 1 aliphatic rings. The largest absolute Gasteiger partial charge is 0.396 e. The van der Waals surface area contributed by atoms with Crippen LogP contribution in [-0.4, -0.2) is 42.8 Å². The minimum absolute atomic E-state index is 0.00679. The van der Waals surface area contributed by atoms with Crippen LogP contribution in [0.1, 0.15) is 35.6 Å². The van der Waals surface area contributed by atoms with E-state index in [1.165, 1.54) is 0 Å². The summed E-state index contributed by atoms with van der Waals surface area (Å²) in [5, 5.41) is 13.5. The van der Waals surface area contributed by atoms with Crippen LogP contribution in [0.4, 0.5) is 0 Å². The Balaban J connectivity index is 1.70. The van der Waals surface area contributed by atoms with E-state index in [4.69, 9.17) is 12.2 Å². The smallest absolute Gasteiger partial charge is 0.170 e. The highest BCUT2D eigenvalue weighted by Crippen LogP contribution is 2.38. The fourth-order valence-corrected chi connectivity index (χ4v) is 4.05. The van der Waals surface area contributed by atoms with Crippen LogP contribution in [0.3, 0.4) is 0 Å². The van der Waals surface area contributed by atoms with E-state index >= 15 is 0 Å². The molecular weight excluding hydrogens is 370 g/mol. The minimum Gasteiger partial charge on any atom is -0.396 e. The molecule has 1 saturated heterocycles. The van der Waals surface area contributed by atoms with Gasteiger partial charge in [-0.2, -0.15) is 0 Å². The molecule has 1 fully saturated rings. The third-order valence-electron chi connectivity index (χ3n) is 4.98. The zero-order chi connectivity index (χ0) is 19.3. The van der Waals surface area contributed by atoms with Gasteiger partial charge in [-0.05, 0) is 55.0 Å². The van der Waals surface area contributed by atoms with Crippen LogP contribution in [0, 0.1) is 0 Å². The summed E-state index contributed by atoms with van der Waals surface area (Å²) in [6, 6.07) is 16.0. The number of thiocarbonyl (C=S) groups is 1. The molecule has 0 unspecified atom stereocenters. The molecule has 0 aliphatic carbocycles. The number of aliphatic hydroxyl groups is 1. The van der Waals surface area contributed by atoms with Gasteiger partial charge in [-0.1, -0.05) is 12.1 Å². The molecule has 0 saturated carbocycles. The van der Waals surface area contributed by atoms with E-state index in [0.29, 0.717) is 24.6 Å². The number of hydrogen-bond acceptors (Lipinski definition) is 4. The van der Waals surface area contributed by atoms with Gasteiger partial charge in [0.05, 0.1) is 30.0 Å². The Hall–Kier alpha value is -2.77. The first-order valence-electron chi connectivity index (χ1n) is 9.42. The maximum Gasteiger partial charge on any atom is 0.170 e. The molecule has 4 heterocycles. The first kappa shape index (κ1) is 18.6. The van der Waals surface area contributed by atoms with Gasteiger partial charge in [0.1, 0.15) is 0 Å². The highest BCUT2D eigenvalue weighted by molar-refractivity contribution is 7.80. The zero-order valence-corrected chi connectivity index (χ0v) is 16.3. The number of aliphatic hydroxyl groups excluding tert-OH is 1. The lowest BCUT2D eigenvalue weighted by atomic mass is 10.0. The molecule has 3 aromatic heterocycles. The molecular formula is C21H23N5OS. The van der Waals surface area contributed by atoms with Gasteiger partial charge in [-0.15, -0.1) is 0 Å². The number of hydrogen-bond donors (Lipinski definition) is 2. The van der Waals surface area contributed by atoms with E-state index in [1.807, 2.05) is 42.6 Å². The summed E-state index contributed by atoms with van der Waals surface area (Å²) < 4.78 is 2.21. The molecule has 3 aromatic rings. The molecule has 4 rings (SSSR count). The molecule has 6 nitrogen and oxygen atoms in total. The maximum atomic E-state index is 9.35. The highest BCUT2D eigenvalue weighted by Gasteiger charge is 2.40. The number of rotatable bonds is 7. The summed E-state index contributed by atoms with van der Waals surface area (Å²) in [6.45, 7) is 1.51. The van der Waals surface area contributed by atoms with Crippen molar-refractivity contribution in [1.29, 1.82) is 0 Å². The van der Waals surface area contributed by atoms with Crippen molar-refractivity contribution in [2.75, 3.05) is 13.2 Å². The van der Waals surface area contributed by atoms with Crippen LogP contribution < -0.4 is 5.32 Å². The zero-order valence-electron chi connectivity index (χ0n) is 15.5. The highest BCUT2D eigenvalue weighted by atomic mass is 32.1. The average Bonchev–Trinajstić information content (AvgIpc) is 3.31. The van der Waals surface area contributed by atoms with Crippen molar-refractivity contribution >= 4 is 17.3 Å². The van der Waals surface area contributed by atoms with Gasteiger partial charge in [0.2, 0.25) is 0 Å². The lowest BCUT2D eigenvalue weighted by Gasteiger charge is -2.28. The molecule has 144 valence electrons. The number of pyridine rings is 2. The molecule has 0 spiro atoms. The molecule has 2 atom stereocenters. The standard InChI is InChI=1S/C21H23N5OS/c27-14-6-13-26-20(19(24-21(26)28)17-8-2-4-11-23-17)18-9-5-12-25(18)15-16-7-1-3-10-22-16/h1-5,7-12,19-20,27H,6,13-15H2,(H,24,28)/t19-,20-/m0/s1. The normalized spacial score (nSPS) is 19.0. The fraction of sp³-hybridized carbons (Fsp3) is 0.286. The predicted octanol–water partition coefficient (Wildman–Crippen LogP) is 2.68. The van der Waals surface area contributed by atoms with Crippen molar-refractivity contribution in [1.82, 2.24) is 24.8 Å². The van der Waals surface area contributed by atoms with Crippen LogP contribution in [0.25, 0.3) is 0 Å². The summed E-state index contributed by atoms with van der Waals surface area (Å²) >= 11 is 5.64. The Bertz CT molecular complexity index is 915. The van der Waals surface area contributed by atoms with Crippen LogP contribution in [0.2, 0.25) is 0 Å². The summed E-state index contributed by atoms with van der Waals surface area (Å²) in [4.78, 5) is 11.2. The van der Waals surface area contributed by atoms with E-state index < -0.39 is 0 Å². The van der Waals surface area contributed by atoms with Crippen molar-refractivity contribution in [3.63, 3.8) is 0 Å². The Labute approximate surface area is 169 Å². The Morgan fingerprint density at radius 1 is 1.04 bits per heavy atom. The molecule has 2 N–H and O–H groups in total. The second kappa shape index (κ2) is 8.50. The number of aromatic nitrogens is 3. The Morgan fingerprint density at radius 3 is 2.57 bits per heavy atom. The second-order valence-corrected chi connectivity index (χ2v) is 7.17. The van der Waals surface area contributed by atoms with E-state index in [1.54, 1.807) is 6.20 Å². The Morgan fingerprint density at radius 2 is 1.86 bits per heavy atom. The first-order valence-corrected chi connectivity index (χ1v) is 9.82. The quantitative estimate of drug-likeness (QED) is 0.602. The van der Waals surface area contributed by atoms with Crippen LogP contribution in [-0.2, 0) is 6.54 Å². The van der Waals surface area contributed by atoms with Crippen molar-refractivity contribution in [3.05, 3.63) is 84.2 Å². The van der Waals surface area contributed by atoms with Gasteiger partial charge in [0.25, 0.3) is 0 Å². The third kappa shape index (κ3) is 3.76. The average molecular weight is 394 g/mol. The van der Waals surface area contributed by atoms with E-state index in [0.717, 1.165) is 17.1 Å². The van der Waals surface area contributed by atoms with Gasteiger partial charge in [0.15, 0.2) is 5.11 Å². The topological polar surface area (TPSA) is 66.2 Å². The predicted molar refractivity (Wildman–Crippen MR) is 112 cm³/mol. The molecule has 0 amide bonds. The van der Waals surface area contributed by atoms with Gasteiger partial charge in [-0.3, -0.25) is 9.97 Å². The van der Waals surface area contributed by atoms with E-state index in [9.17, 15) is 5.11 Å². The maximum absolute atomic E-state index is 9.35. The van der Waals surface area contributed by atoms with Crippen molar-refractivity contribution < 1.29 is 5.11 Å². The van der Waals surface area contributed by atoms with E-state index in [-0.39, 0.29) is 18.7 Å². The van der Waals surface area contributed by atoms with Crippen LogP contribution in [0.5, 0.6) is 0 Å². The number of nitrogens with zero attached hydrogens (tertiary/aromatic N) is 4. The monoisotopic (exact) mass is 393 g/mol. The van der Waals surface area contributed by atoms with Gasteiger partial charge in [-0.25, -0.2) is 0 Å². The minimum atomic E-state index is -0.0511. The lowest BCUT2D eigenvalue weighted by molar-refractivity contribution is 0.243.